The number of carbonyl (C=O) groups is 1. The average Bonchev–Trinajstić information content (AvgIpc) is 3.39. The number of hydrogen-bond acceptors (Lipinski definition) is 4. The van der Waals surface area contributed by atoms with Gasteiger partial charge < -0.3 is 14.6 Å². The molecule has 1 amide bonds. The zero-order valence-corrected chi connectivity index (χ0v) is 25.8. The number of rotatable bonds is 8. The lowest BCUT2D eigenvalue weighted by molar-refractivity contribution is -0.143. The van der Waals surface area contributed by atoms with Gasteiger partial charge in [-0.2, -0.15) is 26.3 Å². The van der Waals surface area contributed by atoms with Crippen LogP contribution in [0.1, 0.15) is 39.0 Å². The number of carbonyl (C=O) groups excluding carboxylic acids is 1. The molecule has 244 valence electrons. The van der Waals surface area contributed by atoms with Crippen molar-refractivity contribution in [1.29, 1.82) is 0 Å². The molecule has 1 aliphatic rings. The topological polar surface area (TPSA) is 61.5 Å². The van der Waals surface area contributed by atoms with Crippen molar-refractivity contribution < 1.29 is 35.9 Å². The van der Waals surface area contributed by atoms with Gasteiger partial charge in [0, 0.05) is 60.6 Å². The Hall–Kier alpha value is -3.48. The molecule has 1 aliphatic heterocycles. The van der Waals surface area contributed by atoms with Crippen LogP contribution in [0.15, 0.2) is 67.0 Å². The summed E-state index contributed by atoms with van der Waals surface area (Å²) in [5, 5.41) is 0.942. The molecule has 1 saturated heterocycles. The van der Waals surface area contributed by atoms with Gasteiger partial charge in [-0.05, 0) is 61.2 Å². The predicted molar refractivity (Wildman–Crippen MR) is 163 cm³/mol. The van der Waals surface area contributed by atoms with Crippen molar-refractivity contribution in [2.24, 2.45) is 0 Å². The Labute approximate surface area is 268 Å². The molecule has 0 spiro atoms. The number of aromatic amines is 1. The van der Waals surface area contributed by atoms with Crippen molar-refractivity contribution in [3.63, 3.8) is 0 Å². The van der Waals surface area contributed by atoms with Gasteiger partial charge in [-0.15, -0.1) is 24.8 Å². The molecule has 0 saturated carbocycles. The normalized spacial score (nSPS) is 15.8. The third-order valence-electron chi connectivity index (χ3n) is 7.74. The lowest BCUT2D eigenvalue weighted by atomic mass is 9.98. The molecule has 3 heterocycles. The number of aryl methyl sites for hydroxylation is 1. The van der Waals surface area contributed by atoms with E-state index in [0.29, 0.717) is 44.1 Å². The van der Waals surface area contributed by atoms with Crippen LogP contribution in [0, 0.1) is 0 Å². The molecule has 0 radical (unpaired) electrons. The molecule has 2 aromatic carbocycles. The second-order valence-corrected chi connectivity index (χ2v) is 10.6. The summed E-state index contributed by atoms with van der Waals surface area (Å²) < 4.78 is 86.3. The molecule has 45 heavy (non-hydrogen) atoms. The van der Waals surface area contributed by atoms with E-state index in [1.165, 1.54) is 4.90 Å². The van der Waals surface area contributed by atoms with Gasteiger partial charge in [-0.1, -0.05) is 24.3 Å². The van der Waals surface area contributed by atoms with Crippen LogP contribution in [-0.4, -0.2) is 65.0 Å². The fraction of sp³-hybridized carbons (Fsp3) is 0.355. The van der Waals surface area contributed by atoms with E-state index in [4.69, 9.17) is 4.74 Å². The Balaban J connectivity index is 0.00000276. The molecule has 6 nitrogen and oxygen atoms in total. The third kappa shape index (κ3) is 8.62. The molecular formula is C31H32Cl2F6N4O2. The molecule has 4 aromatic rings. The summed E-state index contributed by atoms with van der Waals surface area (Å²) >= 11 is 0. The Morgan fingerprint density at radius 2 is 1.67 bits per heavy atom. The monoisotopic (exact) mass is 676 g/mol. The van der Waals surface area contributed by atoms with E-state index in [1.807, 2.05) is 36.5 Å². The van der Waals surface area contributed by atoms with E-state index in [-0.39, 0.29) is 37.4 Å². The first-order valence-corrected chi connectivity index (χ1v) is 13.8. The van der Waals surface area contributed by atoms with Crippen molar-refractivity contribution in [1.82, 2.24) is 19.8 Å². The maximum Gasteiger partial charge on any atom is 0.416 e. The highest BCUT2D eigenvalue weighted by atomic mass is 35.5. The molecule has 14 heteroatoms. The minimum absolute atomic E-state index is 0. The minimum Gasteiger partial charge on any atom is -0.481 e. The zero-order valence-electron chi connectivity index (χ0n) is 24.1. The van der Waals surface area contributed by atoms with Gasteiger partial charge in [0.1, 0.15) is 0 Å². The van der Waals surface area contributed by atoms with Crippen molar-refractivity contribution in [3.8, 4) is 5.88 Å². The molecule has 1 fully saturated rings. The van der Waals surface area contributed by atoms with E-state index in [0.717, 1.165) is 34.9 Å². The molecule has 0 aliphatic carbocycles. The van der Waals surface area contributed by atoms with Gasteiger partial charge in [0.2, 0.25) is 5.88 Å². The number of aromatic nitrogens is 2. The number of methoxy groups -OCH3 is 1. The minimum atomic E-state index is -5.04. The lowest BCUT2D eigenvalue weighted by Gasteiger charge is -2.42. The van der Waals surface area contributed by atoms with Gasteiger partial charge in [-0.25, -0.2) is 4.98 Å². The fourth-order valence-corrected chi connectivity index (χ4v) is 5.55. The van der Waals surface area contributed by atoms with E-state index in [9.17, 15) is 31.1 Å². The fourth-order valence-electron chi connectivity index (χ4n) is 5.55. The Kier molecular flexibility index (Phi) is 11.8. The summed E-state index contributed by atoms with van der Waals surface area (Å²) in [6, 6.07) is 11.9. The largest absolute Gasteiger partial charge is 0.481 e. The molecule has 2 aromatic heterocycles. The second kappa shape index (κ2) is 14.7. The third-order valence-corrected chi connectivity index (χ3v) is 7.74. The number of benzene rings is 2. The van der Waals surface area contributed by atoms with Crippen LogP contribution >= 0.6 is 24.8 Å². The summed E-state index contributed by atoms with van der Waals surface area (Å²) in [6.45, 7) is 1.70. The van der Waals surface area contributed by atoms with Crippen molar-refractivity contribution in [3.05, 3.63) is 94.8 Å². The van der Waals surface area contributed by atoms with Gasteiger partial charge in [0.25, 0.3) is 5.91 Å². The summed E-state index contributed by atoms with van der Waals surface area (Å²) in [6.07, 6.45) is -4.58. The summed E-state index contributed by atoms with van der Waals surface area (Å²) in [4.78, 5) is 24.7. The van der Waals surface area contributed by atoms with Gasteiger partial charge in [0.15, 0.2) is 0 Å². The van der Waals surface area contributed by atoms with Crippen LogP contribution in [0.2, 0.25) is 0 Å². The number of pyridine rings is 1. The van der Waals surface area contributed by atoms with Crippen molar-refractivity contribution in [2.75, 3.05) is 33.3 Å². The first-order chi connectivity index (χ1) is 20.4. The van der Waals surface area contributed by atoms with E-state index in [2.05, 4.69) is 14.9 Å². The number of piperazine rings is 1. The van der Waals surface area contributed by atoms with E-state index >= 15 is 0 Å². The summed E-state index contributed by atoms with van der Waals surface area (Å²) in [5.74, 6) is -0.335. The highest BCUT2D eigenvalue weighted by Gasteiger charge is 2.39. The van der Waals surface area contributed by atoms with Gasteiger partial charge in [-0.3, -0.25) is 9.69 Å². The Bertz CT molecular complexity index is 1540. The second-order valence-electron chi connectivity index (χ2n) is 10.6. The Morgan fingerprint density at radius 3 is 2.29 bits per heavy atom. The van der Waals surface area contributed by atoms with Crippen LogP contribution in [0.5, 0.6) is 5.88 Å². The van der Waals surface area contributed by atoms with Crippen LogP contribution < -0.4 is 4.74 Å². The quantitative estimate of drug-likeness (QED) is 0.197. The maximum atomic E-state index is 13.7. The highest BCUT2D eigenvalue weighted by Crippen LogP contribution is 2.37. The SMILES string of the molecule is COc1ccc(CCCN2CCN(C(=O)c3cc(C(F)(F)F)cc(C(F)(F)F)c3)[C@H](Cc3c[nH]c4ccccc34)C2)cn1.Cl.Cl. The Morgan fingerprint density at radius 1 is 0.978 bits per heavy atom. The molecular weight excluding hydrogens is 645 g/mol. The molecule has 5 rings (SSSR count). The van der Waals surface area contributed by atoms with Crippen LogP contribution in [0.25, 0.3) is 10.9 Å². The number of nitrogens with zero attached hydrogens (tertiary/aromatic N) is 3. The lowest BCUT2D eigenvalue weighted by Crippen LogP contribution is -2.56. The van der Waals surface area contributed by atoms with Gasteiger partial charge in [0.05, 0.1) is 18.2 Å². The van der Waals surface area contributed by atoms with Gasteiger partial charge >= 0.3 is 12.4 Å². The zero-order chi connectivity index (χ0) is 30.8. The highest BCUT2D eigenvalue weighted by molar-refractivity contribution is 5.95. The van der Waals surface area contributed by atoms with Crippen LogP contribution in [-0.2, 0) is 25.2 Å². The summed E-state index contributed by atoms with van der Waals surface area (Å²) in [5.41, 5.74) is -0.814. The average molecular weight is 678 g/mol. The molecule has 1 atom stereocenters. The molecule has 1 N–H and O–H groups in total. The predicted octanol–water partition coefficient (Wildman–Crippen LogP) is 7.45. The van der Waals surface area contributed by atoms with Crippen molar-refractivity contribution in [2.45, 2.75) is 37.7 Å². The number of para-hydroxylation sites is 1. The standard InChI is InChI=1S/C31H30F6N4O2.2ClH/c1-43-28-9-8-20(17-39-28)5-4-10-40-11-12-41(25(19-40)15-22-18-38-27-7-3-2-6-26(22)27)29(42)21-13-23(30(32,33)34)16-24(14-21)31(35,36)37;;/h2-3,6-9,13-14,16-18,25,38H,4-5,10-12,15,19H2,1H3;2*1H/t25-;;/m1../s1. The first kappa shape index (κ1) is 36.0. The number of amides is 1. The van der Waals surface area contributed by atoms with E-state index in [1.54, 1.807) is 19.4 Å². The molecule has 0 unspecified atom stereocenters. The number of fused-ring (bicyclic) bond motifs is 1. The number of nitrogens with one attached hydrogen (secondary N) is 1. The molecule has 0 bridgehead atoms. The first-order valence-electron chi connectivity index (χ1n) is 13.8. The number of ether oxygens (including phenoxy) is 1. The van der Waals surface area contributed by atoms with E-state index < -0.39 is 41.0 Å². The number of alkyl halides is 6. The van der Waals surface area contributed by atoms with Crippen molar-refractivity contribution >= 4 is 41.6 Å². The summed E-state index contributed by atoms with van der Waals surface area (Å²) in [7, 11) is 1.54. The maximum absolute atomic E-state index is 13.7. The number of H-pyrrole nitrogens is 1. The number of hydrogen-bond donors (Lipinski definition) is 1. The number of halogens is 8. The van der Waals surface area contributed by atoms with Crippen LogP contribution in [0.4, 0.5) is 26.3 Å². The smallest absolute Gasteiger partial charge is 0.416 e. The van der Waals surface area contributed by atoms with Crippen LogP contribution in [0.3, 0.4) is 0 Å².